The third kappa shape index (κ3) is 5.32. The molecule has 0 unspecified atom stereocenters. The summed E-state index contributed by atoms with van der Waals surface area (Å²) >= 11 is 1.30. The number of halogens is 4. The number of primary amides is 1. The Balaban J connectivity index is 1.50. The normalized spacial score (nSPS) is 11.6. The number of nitrogens with zero attached hydrogens (tertiary/aromatic N) is 3. The van der Waals surface area contributed by atoms with Gasteiger partial charge in [0.25, 0.3) is 5.91 Å². The van der Waals surface area contributed by atoms with Crippen molar-refractivity contribution in [3.8, 4) is 27.4 Å². The predicted octanol–water partition coefficient (Wildman–Crippen LogP) is 6.46. The van der Waals surface area contributed by atoms with Crippen LogP contribution in [0.4, 0.5) is 17.6 Å². The Bertz CT molecular complexity index is 1670. The summed E-state index contributed by atoms with van der Waals surface area (Å²) in [7, 11) is 0. The highest BCUT2D eigenvalue weighted by molar-refractivity contribution is 7.15. The second kappa shape index (κ2) is 9.82. The number of hydrogen-bond acceptors (Lipinski definition) is 6. The molecule has 6 nitrogen and oxygen atoms in total. The minimum absolute atomic E-state index is 0.0215. The molecule has 2 N–H and O–H groups in total. The number of carbonyl (C=O) groups excluding carboxylic acids is 1. The molecule has 0 aliphatic carbocycles. The summed E-state index contributed by atoms with van der Waals surface area (Å²) in [6, 6.07) is 15.6. The second-order valence-corrected chi connectivity index (χ2v) is 9.52. The lowest BCUT2D eigenvalue weighted by molar-refractivity contribution is -0.274. The molecule has 5 aromatic rings. The molecule has 1 amide bonds. The highest BCUT2D eigenvalue weighted by Crippen LogP contribution is 2.33. The van der Waals surface area contributed by atoms with Gasteiger partial charge in [-0.2, -0.15) is 0 Å². The van der Waals surface area contributed by atoms with Crippen LogP contribution in [0.1, 0.15) is 26.6 Å². The van der Waals surface area contributed by atoms with Gasteiger partial charge in [0.2, 0.25) is 0 Å². The number of thiazole rings is 1. The number of carbonyl (C=O) groups is 1. The van der Waals surface area contributed by atoms with Crippen molar-refractivity contribution in [2.45, 2.75) is 19.7 Å². The van der Waals surface area contributed by atoms with Crippen LogP contribution in [-0.4, -0.2) is 27.2 Å². The molecule has 0 aliphatic heterocycles. The van der Waals surface area contributed by atoms with E-state index in [0.29, 0.717) is 38.4 Å². The summed E-state index contributed by atoms with van der Waals surface area (Å²) in [5.74, 6) is -1.38. The highest BCUT2D eigenvalue weighted by Gasteiger charge is 2.31. The maximum atomic E-state index is 13.5. The fourth-order valence-corrected chi connectivity index (χ4v) is 4.92. The third-order valence-corrected chi connectivity index (χ3v) is 6.74. The first-order valence-electron chi connectivity index (χ1n) is 11.2. The lowest BCUT2D eigenvalue weighted by Crippen LogP contribution is -2.17. The van der Waals surface area contributed by atoms with Crippen molar-refractivity contribution < 1.29 is 27.1 Å². The molecule has 0 saturated carbocycles. The molecule has 0 fully saturated rings. The van der Waals surface area contributed by atoms with Gasteiger partial charge < -0.3 is 10.5 Å². The topological polar surface area (TPSA) is 91.0 Å². The Morgan fingerprint density at radius 3 is 2.45 bits per heavy atom. The van der Waals surface area contributed by atoms with E-state index in [0.717, 1.165) is 10.4 Å². The molecular weight excluding hydrogens is 520 g/mol. The van der Waals surface area contributed by atoms with Gasteiger partial charge in [-0.1, -0.05) is 24.3 Å². The zero-order valence-electron chi connectivity index (χ0n) is 19.7. The number of rotatable bonds is 6. The van der Waals surface area contributed by atoms with Gasteiger partial charge in [-0.15, -0.1) is 24.5 Å². The first kappa shape index (κ1) is 25.3. The van der Waals surface area contributed by atoms with Crippen LogP contribution in [0.15, 0.2) is 66.9 Å². The van der Waals surface area contributed by atoms with Crippen LogP contribution in [0.5, 0.6) is 5.75 Å². The Hall–Kier alpha value is -4.38. The lowest BCUT2D eigenvalue weighted by Gasteiger charge is -2.11. The molecule has 192 valence electrons. The summed E-state index contributed by atoms with van der Waals surface area (Å²) in [6.45, 7) is 1.52. The standard InChI is InChI=1S/C27H18F4N4O2S/c1-14-11-16(7-10-22(14)37-27(29,30)31)26-33-13-18(38-26)12-21-24(25(32)36)34-20-4-2-3-19(23(20)35-21)15-5-8-17(28)9-6-15/h2-11,13H,12H2,1H3,(H2,32,36). The number of benzene rings is 3. The van der Waals surface area contributed by atoms with Crippen molar-refractivity contribution in [2.24, 2.45) is 5.73 Å². The van der Waals surface area contributed by atoms with E-state index in [4.69, 9.17) is 10.7 Å². The van der Waals surface area contributed by atoms with Crippen LogP contribution in [0.3, 0.4) is 0 Å². The minimum atomic E-state index is -4.78. The predicted molar refractivity (Wildman–Crippen MR) is 135 cm³/mol. The second-order valence-electron chi connectivity index (χ2n) is 8.40. The number of alkyl halides is 3. The van der Waals surface area contributed by atoms with Crippen LogP contribution in [-0.2, 0) is 6.42 Å². The maximum absolute atomic E-state index is 13.5. The van der Waals surface area contributed by atoms with E-state index in [1.165, 1.54) is 42.5 Å². The molecule has 0 atom stereocenters. The number of amides is 1. The number of nitrogens with two attached hydrogens (primary N) is 1. The van der Waals surface area contributed by atoms with E-state index in [2.05, 4.69) is 14.7 Å². The average molecular weight is 539 g/mol. The molecule has 0 spiro atoms. The first-order chi connectivity index (χ1) is 18.1. The molecule has 11 heteroatoms. The molecule has 38 heavy (non-hydrogen) atoms. The molecule has 5 rings (SSSR count). The van der Waals surface area contributed by atoms with Gasteiger partial charge in [0.05, 0.1) is 16.7 Å². The van der Waals surface area contributed by atoms with E-state index >= 15 is 0 Å². The Morgan fingerprint density at radius 2 is 1.76 bits per heavy atom. The Morgan fingerprint density at radius 1 is 1.03 bits per heavy atom. The van der Waals surface area contributed by atoms with Crippen molar-refractivity contribution >= 4 is 28.3 Å². The summed E-state index contributed by atoms with van der Waals surface area (Å²) < 4.78 is 55.3. The molecule has 2 aromatic heterocycles. The van der Waals surface area contributed by atoms with Crippen molar-refractivity contribution in [2.75, 3.05) is 0 Å². The van der Waals surface area contributed by atoms with Crippen LogP contribution < -0.4 is 10.5 Å². The number of aryl methyl sites for hydroxylation is 1. The largest absolute Gasteiger partial charge is 0.573 e. The molecule has 0 aliphatic rings. The van der Waals surface area contributed by atoms with Gasteiger partial charge in [0.15, 0.2) is 5.69 Å². The molecule has 0 bridgehead atoms. The first-order valence-corrected chi connectivity index (χ1v) is 12.1. The molecule has 0 radical (unpaired) electrons. The molecular formula is C27H18F4N4O2S. The van der Waals surface area contributed by atoms with Crippen molar-refractivity contribution in [1.29, 1.82) is 0 Å². The van der Waals surface area contributed by atoms with Crippen molar-refractivity contribution in [3.63, 3.8) is 0 Å². The number of para-hydroxylation sites is 1. The van der Waals surface area contributed by atoms with Gasteiger partial charge in [-0.05, 0) is 54.4 Å². The monoisotopic (exact) mass is 538 g/mol. The van der Waals surface area contributed by atoms with Gasteiger partial charge >= 0.3 is 6.36 Å². The third-order valence-electron chi connectivity index (χ3n) is 5.70. The number of fused-ring (bicyclic) bond motifs is 1. The molecule has 2 heterocycles. The fraction of sp³-hybridized carbons (Fsp3) is 0.111. The van der Waals surface area contributed by atoms with Crippen LogP contribution in [0.2, 0.25) is 0 Å². The highest BCUT2D eigenvalue weighted by atomic mass is 32.1. The van der Waals surface area contributed by atoms with Crippen LogP contribution in [0.25, 0.3) is 32.7 Å². The van der Waals surface area contributed by atoms with Crippen LogP contribution >= 0.6 is 11.3 Å². The number of aromatic nitrogens is 3. The van der Waals surface area contributed by atoms with Gasteiger partial charge in [0, 0.05) is 28.6 Å². The lowest BCUT2D eigenvalue weighted by atomic mass is 10.0. The Kier molecular flexibility index (Phi) is 6.53. The number of hydrogen-bond donors (Lipinski definition) is 1. The van der Waals surface area contributed by atoms with E-state index in [1.807, 2.05) is 6.07 Å². The zero-order chi connectivity index (χ0) is 27.0. The van der Waals surface area contributed by atoms with Crippen LogP contribution in [0, 0.1) is 12.7 Å². The molecule has 3 aromatic carbocycles. The van der Waals surface area contributed by atoms with Gasteiger partial charge in [-0.25, -0.2) is 19.3 Å². The smallest absolute Gasteiger partial charge is 0.406 e. The maximum Gasteiger partial charge on any atom is 0.573 e. The van der Waals surface area contributed by atoms with E-state index in [1.54, 1.807) is 36.5 Å². The zero-order valence-corrected chi connectivity index (χ0v) is 20.5. The summed E-state index contributed by atoms with van der Waals surface area (Å²) in [4.78, 5) is 26.5. The SMILES string of the molecule is Cc1cc(-c2ncc(Cc3nc4c(-c5ccc(F)cc5)cccc4nc3C(N)=O)s2)ccc1OC(F)(F)F. The summed E-state index contributed by atoms with van der Waals surface area (Å²) in [5.41, 5.74) is 9.34. The van der Waals surface area contributed by atoms with Crippen molar-refractivity contribution in [3.05, 3.63) is 94.5 Å². The van der Waals surface area contributed by atoms with Gasteiger partial charge in [-0.3, -0.25) is 4.79 Å². The molecule has 0 saturated heterocycles. The van der Waals surface area contributed by atoms with Crippen molar-refractivity contribution in [1.82, 2.24) is 15.0 Å². The van der Waals surface area contributed by atoms with E-state index in [9.17, 15) is 22.4 Å². The van der Waals surface area contributed by atoms with E-state index in [-0.39, 0.29) is 23.7 Å². The summed E-state index contributed by atoms with van der Waals surface area (Å²) in [6.07, 6.45) is -2.97. The minimum Gasteiger partial charge on any atom is -0.406 e. The Labute approximate surface area is 217 Å². The average Bonchev–Trinajstić information content (AvgIpc) is 3.33. The van der Waals surface area contributed by atoms with E-state index < -0.39 is 12.3 Å². The quantitative estimate of drug-likeness (QED) is 0.251. The van der Waals surface area contributed by atoms with Gasteiger partial charge in [0.1, 0.15) is 16.6 Å². The summed E-state index contributed by atoms with van der Waals surface area (Å²) in [5, 5.41) is 0.572. The fourth-order valence-electron chi connectivity index (χ4n) is 4.00. The number of ether oxygens (including phenoxy) is 1.